The lowest BCUT2D eigenvalue weighted by Crippen LogP contribution is -2.26. The zero-order valence-electron chi connectivity index (χ0n) is 11.1. The van der Waals surface area contributed by atoms with E-state index in [0.717, 1.165) is 63.7 Å². The van der Waals surface area contributed by atoms with Crippen molar-refractivity contribution in [3.05, 3.63) is 18.1 Å². The predicted octanol–water partition coefficient (Wildman–Crippen LogP) is 1.52. The molecular weight excluding hydrogens is 228 g/mol. The Kier molecular flexibility index (Phi) is 5.36. The number of ether oxygens (including phenoxy) is 1. The van der Waals surface area contributed by atoms with Crippen molar-refractivity contribution in [1.82, 2.24) is 14.9 Å². The minimum Gasteiger partial charge on any atom is -0.380 e. The Morgan fingerprint density at radius 1 is 1.28 bits per heavy atom. The molecular formula is C13H22N4O. The summed E-state index contributed by atoms with van der Waals surface area (Å²) in [6, 6.07) is 0. The fourth-order valence-corrected chi connectivity index (χ4v) is 1.97. The summed E-state index contributed by atoms with van der Waals surface area (Å²) in [4.78, 5) is 11.2. The van der Waals surface area contributed by atoms with Gasteiger partial charge in [0, 0.05) is 32.8 Å². The number of hydrogen-bond acceptors (Lipinski definition) is 5. The van der Waals surface area contributed by atoms with Gasteiger partial charge in [-0.25, -0.2) is 4.98 Å². The van der Waals surface area contributed by atoms with Gasteiger partial charge in [0.2, 0.25) is 0 Å². The van der Waals surface area contributed by atoms with Gasteiger partial charge in [-0.2, -0.15) is 0 Å². The standard InChI is InChI=1S/C13H22N4O/c1-2-4-14-13-10-15-12(9-16-13)11-17-5-3-7-18-8-6-17/h9-10H,2-8,11H2,1H3,(H,14,16). The molecule has 2 rings (SSSR count). The lowest BCUT2D eigenvalue weighted by atomic mass is 10.3. The third-order valence-corrected chi connectivity index (χ3v) is 2.96. The van der Waals surface area contributed by atoms with Crippen LogP contribution in [0.4, 0.5) is 5.82 Å². The number of anilines is 1. The van der Waals surface area contributed by atoms with Gasteiger partial charge in [0.1, 0.15) is 5.82 Å². The molecule has 0 aliphatic carbocycles. The van der Waals surface area contributed by atoms with Crippen molar-refractivity contribution in [1.29, 1.82) is 0 Å². The Hall–Kier alpha value is -1.20. The first-order valence-corrected chi connectivity index (χ1v) is 6.73. The van der Waals surface area contributed by atoms with Crippen molar-refractivity contribution in [3.63, 3.8) is 0 Å². The normalized spacial score (nSPS) is 17.4. The molecule has 0 radical (unpaired) electrons. The average Bonchev–Trinajstić information content (AvgIpc) is 2.67. The second kappa shape index (κ2) is 7.28. The summed E-state index contributed by atoms with van der Waals surface area (Å²) in [5.74, 6) is 0.861. The zero-order chi connectivity index (χ0) is 12.6. The van der Waals surface area contributed by atoms with Crippen LogP contribution in [-0.4, -0.2) is 47.7 Å². The maximum absolute atomic E-state index is 5.44. The highest BCUT2D eigenvalue weighted by Crippen LogP contribution is 2.06. The SMILES string of the molecule is CCCNc1cnc(CN2CCCOCC2)cn1. The van der Waals surface area contributed by atoms with Crippen molar-refractivity contribution in [2.24, 2.45) is 0 Å². The van der Waals surface area contributed by atoms with Gasteiger partial charge in [-0.3, -0.25) is 9.88 Å². The Labute approximate surface area is 109 Å². The number of nitrogens with zero attached hydrogens (tertiary/aromatic N) is 3. The third-order valence-electron chi connectivity index (χ3n) is 2.96. The molecule has 0 spiro atoms. The van der Waals surface area contributed by atoms with Crippen LogP contribution in [0, 0.1) is 0 Å². The lowest BCUT2D eigenvalue weighted by Gasteiger charge is -2.18. The second-order valence-electron chi connectivity index (χ2n) is 4.56. The Balaban J connectivity index is 1.84. The van der Waals surface area contributed by atoms with Crippen LogP contribution in [0.1, 0.15) is 25.5 Å². The van der Waals surface area contributed by atoms with E-state index < -0.39 is 0 Å². The molecule has 0 unspecified atom stereocenters. The highest BCUT2D eigenvalue weighted by molar-refractivity contribution is 5.30. The predicted molar refractivity (Wildman–Crippen MR) is 71.5 cm³/mol. The Bertz CT molecular complexity index is 333. The van der Waals surface area contributed by atoms with Gasteiger partial charge in [0.25, 0.3) is 0 Å². The van der Waals surface area contributed by atoms with E-state index >= 15 is 0 Å². The maximum atomic E-state index is 5.44. The smallest absolute Gasteiger partial charge is 0.144 e. The van der Waals surface area contributed by atoms with Gasteiger partial charge in [0.05, 0.1) is 24.7 Å². The summed E-state index contributed by atoms with van der Waals surface area (Å²) in [5, 5.41) is 3.23. The molecule has 5 heteroatoms. The van der Waals surface area contributed by atoms with Crippen molar-refractivity contribution < 1.29 is 4.74 Å². The molecule has 1 aromatic rings. The maximum Gasteiger partial charge on any atom is 0.144 e. The molecule has 1 N–H and O–H groups in total. The first-order valence-electron chi connectivity index (χ1n) is 6.73. The molecule has 1 saturated heterocycles. The van der Waals surface area contributed by atoms with E-state index in [1.807, 2.05) is 12.4 Å². The molecule has 100 valence electrons. The van der Waals surface area contributed by atoms with Crippen LogP contribution in [0.15, 0.2) is 12.4 Å². The van der Waals surface area contributed by atoms with Gasteiger partial charge in [-0.05, 0) is 12.8 Å². The molecule has 1 aliphatic rings. The van der Waals surface area contributed by atoms with Crippen LogP contribution in [0.5, 0.6) is 0 Å². The van der Waals surface area contributed by atoms with Crippen LogP contribution in [-0.2, 0) is 11.3 Å². The molecule has 2 heterocycles. The summed E-state index contributed by atoms with van der Waals surface area (Å²) in [6.07, 6.45) is 5.88. The lowest BCUT2D eigenvalue weighted by molar-refractivity contribution is 0.140. The molecule has 0 atom stereocenters. The summed E-state index contributed by atoms with van der Waals surface area (Å²) in [6.45, 7) is 7.71. The van der Waals surface area contributed by atoms with E-state index in [1.54, 1.807) is 0 Å². The minimum atomic E-state index is 0.823. The van der Waals surface area contributed by atoms with Crippen molar-refractivity contribution >= 4 is 5.82 Å². The number of rotatable bonds is 5. The van der Waals surface area contributed by atoms with Gasteiger partial charge in [-0.15, -0.1) is 0 Å². The molecule has 1 aromatic heterocycles. The Morgan fingerprint density at radius 3 is 3.00 bits per heavy atom. The van der Waals surface area contributed by atoms with Crippen molar-refractivity contribution in [2.45, 2.75) is 26.3 Å². The van der Waals surface area contributed by atoms with Gasteiger partial charge in [0.15, 0.2) is 0 Å². The first kappa shape index (κ1) is 13.2. The molecule has 18 heavy (non-hydrogen) atoms. The number of hydrogen-bond donors (Lipinski definition) is 1. The third kappa shape index (κ3) is 4.23. The highest BCUT2D eigenvalue weighted by Gasteiger charge is 2.10. The monoisotopic (exact) mass is 250 g/mol. The summed E-state index contributed by atoms with van der Waals surface area (Å²) >= 11 is 0. The molecule has 0 bridgehead atoms. The van der Waals surface area contributed by atoms with Crippen molar-refractivity contribution in [2.75, 3.05) is 38.2 Å². The van der Waals surface area contributed by atoms with Gasteiger partial charge >= 0.3 is 0 Å². The number of nitrogens with one attached hydrogen (secondary N) is 1. The van der Waals surface area contributed by atoms with E-state index in [-0.39, 0.29) is 0 Å². The summed E-state index contributed by atoms with van der Waals surface area (Å²) < 4.78 is 5.44. The first-order chi connectivity index (χ1) is 8.88. The van der Waals surface area contributed by atoms with Crippen molar-refractivity contribution in [3.8, 4) is 0 Å². The largest absolute Gasteiger partial charge is 0.380 e. The second-order valence-corrected chi connectivity index (χ2v) is 4.56. The van der Waals surface area contributed by atoms with Crippen LogP contribution >= 0.6 is 0 Å². The molecule has 1 fully saturated rings. The molecule has 0 aromatic carbocycles. The minimum absolute atomic E-state index is 0.823. The van der Waals surface area contributed by atoms with Crippen LogP contribution in [0.25, 0.3) is 0 Å². The topological polar surface area (TPSA) is 50.3 Å². The summed E-state index contributed by atoms with van der Waals surface area (Å²) in [5.41, 5.74) is 1.03. The Morgan fingerprint density at radius 2 is 2.22 bits per heavy atom. The molecule has 1 aliphatic heterocycles. The van der Waals surface area contributed by atoms with Crippen LogP contribution in [0.3, 0.4) is 0 Å². The molecule has 5 nitrogen and oxygen atoms in total. The van der Waals surface area contributed by atoms with E-state index in [1.165, 1.54) is 0 Å². The summed E-state index contributed by atoms with van der Waals surface area (Å²) in [7, 11) is 0. The van der Waals surface area contributed by atoms with E-state index in [9.17, 15) is 0 Å². The average molecular weight is 250 g/mol. The van der Waals surface area contributed by atoms with E-state index in [2.05, 4.69) is 27.1 Å². The fraction of sp³-hybridized carbons (Fsp3) is 0.692. The quantitative estimate of drug-likeness (QED) is 0.858. The van der Waals surface area contributed by atoms with E-state index in [4.69, 9.17) is 4.74 Å². The van der Waals surface area contributed by atoms with Crippen LogP contribution < -0.4 is 5.32 Å². The zero-order valence-corrected chi connectivity index (χ0v) is 11.1. The highest BCUT2D eigenvalue weighted by atomic mass is 16.5. The van der Waals surface area contributed by atoms with Gasteiger partial charge in [-0.1, -0.05) is 6.92 Å². The molecule has 0 amide bonds. The van der Waals surface area contributed by atoms with Gasteiger partial charge < -0.3 is 10.1 Å². The number of aromatic nitrogens is 2. The van der Waals surface area contributed by atoms with Crippen LogP contribution in [0.2, 0.25) is 0 Å². The van der Waals surface area contributed by atoms with E-state index in [0.29, 0.717) is 0 Å². The fourth-order valence-electron chi connectivity index (χ4n) is 1.97. The molecule has 0 saturated carbocycles.